The number of nitrogens with zero attached hydrogens (tertiary/aromatic N) is 2. The van der Waals surface area contributed by atoms with Gasteiger partial charge >= 0.3 is 18.8 Å². The molecule has 0 unspecified atom stereocenters. The van der Waals surface area contributed by atoms with Crippen LogP contribution in [0.3, 0.4) is 0 Å². The second-order valence-electron chi connectivity index (χ2n) is 9.78. The van der Waals surface area contributed by atoms with E-state index in [0.717, 1.165) is 40.7 Å². The van der Waals surface area contributed by atoms with Gasteiger partial charge in [0.1, 0.15) is 17.3 Å². The third-order valence-corrected chi connectivity index (χ3v) is 8.52. The average molecular weight is 617 g/mol. The smallest absolute Gasteiger partial charge is 0.416 e. The van der Waals surface area contributed by atoms with E-state index in [1.54, 1.807) is 4.90 Å². The van der Waals surface area contributed by atoms with Gasteiger partial charge in [-0.3, -0.25) is 14.0 Å². The lowest BCUT2D eigenvalue weighted by molar-refractivity contribution is -0.148. The molecule has 224 valence electrons. The lowest BCUT2D eigenvalue weighted by Crippen LogP contribution is -2.71. The molecule has 0 N–H and O–H groups in total. The molecule has 1 fully saturated rings. The third kappa shape index (κ3) is 5.83. The molecular weight excluding hydrogens is 594 g/mol. The van der Waals surface area contributed by atoms with Crippen molar-refractivity contribution in [2.75, 3.05) is 37.6 Å². The number of alkyl halides is 5. The Morgan fingerprint density at radius 1 is 1.02 bits per heavy atom. The van der Waals surface area contributed by atoms with Gasteiger partial charge in [-0.2, -0.15) is 22.0 Å². The van der Waals surface area contributed by atoms with Crippen molar-refractivity contribution in [3.63, 3.8) is 0 Å². The van der Waals surface area contributed by atoms with Crippen LogP contribution in [0.1, 0.15) is 5.56 Å². The average Bonchev–Trinajstić information content (AvgIpc) is 2.90. The fourth-order valence-electron chi connectivity index (χ4n) is 4.96. The lowest BCUT2D eigenvalue weighted by Gasteiger charge is -2.53. The summed E-state index contributed by atoms with van der Waals surface area (Å²) in [6, 6.07) is 10.3. The summed E-state index contributed by atoms with van der Waals surface area (Å²) in [5.41, 5.74) is -2.12. The minimum Gasteiger partial charge on any atom is -0.480 e. The number of hydrogen-bond acceptors (Lipinski definition) is 7. The van der Waals surface area contributed by atoms with Crippen LogP contribution in [0.25, 0.3) is 11.1 Å². The molecule has 2 aliphatic heterocycles. The number of sulfonamides is 1. The van der Waals surface area contributed by atoms with Crippen molar-refractivity contribution < 1.29 is 53.8 Å². The Bertz CT molecular complexity index is 1630. The van der Waals surface area contributed by atoms with E-state index in [1.807, 2.05) is 0 Å². The highest BCUT2D eigenvalue weighted by molar-refractivity contribution is 7.92. The molecule has 0 aromatic heterocycles. The highest BCUT2D eigenvalue weighted by Crippen LogP contribution is 2.45. The van der Waals surface area contributed by atoms with E-state index < -0.39 is 56.4 Å². The van der Waals surface area contributed by atoms with Gasteiger partial charge in [-0.05, 0) is 53.6 Å². The van der Waals surface area contributed by atoms with Crippen LogP contribution in [-0.2, 0) is 25.7 Å². The molecule has 2 heterocycles. The van der Waals surface area contributed by atoms with Crippen LogP contribution in [0.5, 0.6) is 11.5 Å². The quantitative estimate of drug-likeness (QED) is 0.275. The first-order valence-corrected chi connectivity index (χ1v) is 13.7. The van der Waals surface area contributed by atoms with Gasteiger partial charge in [0, 0.05) is 19.2 Å². The Labute approximate surface area is 236 Å². The van der Waals surface area contributed by atoms with E-state index in [4.69, 9.17) is 4.74 Å². The highest BCUT2D eigenvalue weighted by Gasteiger charge is 2.52. The molecule has 15 heteroatoms. The van der Waals surface area contributed by atoms with Gasteiger partial charge in [0.25, 0.3) is 10.0 Å². The summed E-state index contributed by atoms with van der Waals surface area (Å²) in [4.78, 5) is 12.7. The van der Waals surface area contributed by atoms with Gasteiger partial charge in [-0.15, -0.1) is 0 Å². The van der Waals surface area contributed by atoms with Crippen LogP contribution in [0.15, 0.2) is 65.6 Å². The predicted octanol–water partition coefficient (Wildman–Crippen LogP) is 4.93. The van der Waals surface area contributed by atoms with Gasteiger partial charge < -0.3 is 14.2 Å². The minimum absolute atomic E-state index is 0.0544. The van der Waals surface area contributed by atoms with Gasteiger partial charge in [-0.1, -0.05) is 12.1 Å². The van der Waals surface area contributed by atoms with E-state index in [2.05, 4.69) is 9.47 Å². The third-order valence-electron chi connectivity index (χ3n) is 6.77. The van der Waals surface area contributed by atoms with Crippen LogP contribution in [0.4, 0.5) is 32.0 Å². The number of fused-ring (bicyclic) bond motifs is 1. The molecule has 42 heavy (non-hydrogen) atoms. The van der Waals surface area contributed by atoms with Crippen molar-refractivity contribution in [2.45, 2.75) is 23.3 Å². The lowest BCUT2D eigenvalue weighted by atomic mass is 9.91. The first kappa shape index (κ1) is 29.5. The summed E-state index contributed by atoms with van der Waals surface area (Å²) in [6.45, 7) is -3.42. The summed E-state index contributed by atoms with van der Waals surface area (Å²) in [7, 11) is -3.42. The predicted molar refractivity (Wildman–Crippen MR) is 136 cm³/mol. The number of carbonyl (C=O) groups is 1. The first-order chi connectivity index (χ1) is 19.7. The summed E-state index contributed by atoms with van der Waals surface area (Å²) in [5, 5.41) is 0. The van der Waals surface area contributed by atoms with Crippen molar-refractivity contribution in [1.82, 2.24) is 4.90 Å². The number of halogens is 6. The van der Waals surface area contributed by atoms with Gasteiger partial charge in [0.05, 0.1) is 36.3 Å². The van der Waals surface area contributed by atoms with Crippen LogP contribution >= 0.6 is 0 Å². The normalized spacial score (nSPS) is 16.5. The number of ether oxygens (including phenoxy) is 3. The number of carbonyl (C=O) groups excluding carboxylic acids is 1. The van der Waals surface area contributed by atoms with E-state index in [-0.39, 0.29) is 48.7 Å². The molecule has 0 saturated carbocycles. The van der Waals surface area contributed by atoms with Gasteiger partial charge in [-0.25, -0.2) is 12.8 Å². The Balaban J connectivity index is 1.58. The summed E-state index contributed by atoms with van der Waals surface area (Å²) >= 11 is 0. The topological polar surface area (TPSA) is 85.4 Å². The zero-order valence-corrected chi connectivity index (χ0v) is 22.5. The summed E-state index contributed by atoms with van der Waals surface area (Å²) in [6.07, 6.45) is -4.80. The molecule has 3 aromatic carbocycles. The highest BCUT2D eigenvalue weighted by atomic mass is 32.2. The van der Waals surface area contributed by atoms with Crippen molar-refractivity contribution in [3.8, 4) is 22.6 Å². The number of likely N-dealkylation sites (tertiary alicyclic amines) is 1. The number of hydrogen-bond donors (Lipinski definition) is 0. The molecule has 0 bridgehead atoms. The zero-order valence-electron chi connectivity index (χ0n) is 21.7. The molecule has 5 rings (SSSR count). The van der Waals surface area contributed by atoms with Gasteiger partial charge in [0.2, 0.25) is 0 Å². The second-order valence-corrected chi connectivity index (χ2v) is 11.6. The second kappa shape index (κ2) is 10.7. The molecule has 0 aliphatic carbocycles. The minimum atomic E-state index is -4.80. The van der Waals surface area contributed by atoms with E-state index in [0.29, 0.717) is 6.07 Å². The molecule has 1 saturated heterocycles. The largest absolute Gasteiger partial charge is 0.480 e. The Kier molecular flexibility index (Phi) is 7.51. The Morgan fingerprint density at radius 3 is 2.43 bits per heavy atom. The maximum atomic E-state index is 14.2. The maximum absolute atomic E-state index is 14.2. The Hall–Kier alpha value is -3.98. The van der Waals surface area contributed by atoms with Crippen LogP contribution in [0, 0.1) is 5.82 Å². The van der Waals surface area contributed by atoms with E-state index in [1.165, 1.54) is 25.3 Å². The fraction of sp³-hybridized carbons (Fsp3) is 0.296. The summed E-state index contributed by atoms with van der Waals surface area (Å²) < 4.78 is 124. The molecule has 0 radical (unpaired) electrons. The molecule has 8 nitrogen and oxygen atoms in total. The van der Waals surface area contributed by atoms with Crippen molar-refractivity contribution in [1.29, 1.82) is 0 Å². The van der Waals surface area contributed by atoms with E-state index in [9.17, 15) is 39.6 Å². The summed E-state index contributed by atoms with van der Waals surface area (Å²) in [5.74, 6) is -1.84. The van der Waals surface area contributed by atoms with Crippen LogP contribution in [-0.4, -0.2) is 64.8 Å². The zero-order chi connectivity index (χ0) is 30.4. The number of methoxy groups -OCH3 is 1. The molecule has 1 spiro atoms. The molecule has 3 aromatic rings. The molecule has 2 aliphatic rings. The first-order valence-electron chi connectivity index (χ1n) is 12.3. The maximum Gasteiger partial charge on any atom is 0.416 e. The SMILES string of the molecule is COC(=O)CN1CC2(C1)CN(S(=O)(=O)c1cccc(C(F)(F)F)c1)c1cc(-c3cc(F)cc(OC(F)F)c3)ccc1O2. The number of benzene rings is 3. The number of rotatable bonds is 7. The Morgan fingerprint density at radius 2 is 1.76 bits per heavy atom. The van der Waals surface area contributed by atoms with Crippen molar-refractivity contribution >= 4 is 21.7 Å². The number of esters is 1. The van der Waals surface area contributed by atoms with Crippen molar-refractivity contribution in [3.05, 3.63) is 72.0 Å². The molecule has 0 amide bonds. The monoisotopic (exact) mass is 616 g/mol. The van der Waals surface area contributed by atoms with Crippen LogP contribution in [0.2, 0.25) is 0 Å². The number of anilines is 1. The molecular formula is C27H22F6N2O6S. The van der Waals surface area contributed by atoms with E-state index >= 15 is 0 Å². The standard InChI is InChI=1S/C27H22F6N2O6S/c1-39-24(36)12-34-13-26(14-34)15-35(42(37,38)21-4-2-3-18(10-21)27(31,32)33)22-9-16(5-6-23(22)41-26)17-7-19(28)11-20(8-17)40-25(29)30/h2-11,25H,12-15H2,1H3. The van der Waals surface area contributed by atoms with Crippen LogP contribution < -0.4 is 13.8 Å². The fourth-order valence-corrected chi connectivity index (χ4v) is 6.55. The molecule has 0 atom stereocenters. The van der Waals surface area contributed by atoms with Crippen molar-refractivity contribution in [2.24, 2.45) is 0 Å². The van der Waals surface area contributed by atoms with Gasteiger partial charge in [0.15, 0.2) is 5.60 Å².